The number of guanidine groups is 1. The maximum atomic E-state index is 14.0. The molecule has 296 valence electrons. The number of benzene rings is 3. The highest BCUT2D eigenvalue weighted by atomic mass is 32.2. The van der Waals surface area contributed by atoms with E-state index in [4.69, 9.17) is 15.2 Å². The summed E-state index contributed by atoms with van der Waals surface area (Å²) in [5.74, 6) is -0.990. The van der Waals surface area contributed by atoms with Gasteiger partial charge < -0.3 is 25.1 Å². The lowest BCUT2D eigenvalue weighted by atomic mass is 9.88. The lowest BCUT2D eigenvalue weighted by molar-refractivity contribution is -0.157. The average Bonchev–Trinajstić information content (AvgIpc) is 3.44. The maximum absolute atomic E-state index is 14.0. The molecule has 56 heavy (non-hydrogen) atoms. The van der Waals surface area contributed by atoms with Crippen molar-refractivity contribution in [1.29, 1.82) is 0 Å². The molecule has 12 nitrogen and oxygen atoms in total. The van der Waals surface area contributed by atoms with E-state index in [2.05, 4.69) is 15.0 Å². The number of fused-ring (bicyclic) bond motifs is 4. The summed E-state index contributed by atoms with van der Waals surface area (Å²) in [6.45, 7) is 14.6. The molecule has 2 aliphatic rings. The van der Waals surface area contributed by atoms with Gasteiger partial charge in [0.05, 0.1) is 10.9 Å². The number of esters is 1. The lowest BCUT2D eigenvalue weighted by Crippen LogP contribution is -2.46. The molecule has 0 bridgehead atoms. The molecule has 4 aromatic rings. The Kier molecular flexibility index (Phi) is 11.0. The average molecular weight is 782 g/mol. The van der Waals surface area contributed by atoms with E-state index in [1.165, 1.54) is 6.07 Å². The molecule has 0 saturated carbocycles. The van der Waals surface area contributed by atoms with Gasteiger partial charge in [-0.15, -0.1) is 0 Å². The van der Waals surface area contributed by atoms with Crippen molar-refractivity contribution in [2.45, 2.75) is 109 Å². The number of rotatable bonds is 10. The van der Waals surface area contributed by atoms with Crippen LogP contribution < -0.4 is 26.1 Å². The molecule has 4 N–H and O–H groups in total. The van der Waals surface area contributed by atoms with Crippen LogP contribution in [0, 0.1) is 20.8 Å². The molecular formula is C43H51N5O7S. The number of aromatic nitrogens is 1. The van der Waals surface area contributed by atoms with E-state index in [0.717, 1.165) is 45.6 Å². The minimum absolute atomic E-state index is 0.0340. The van der Waals surface area contributed by atoms with Gasteiger partial charge in [0.15, 0.2) is 0 Å². The fraction of sp³-hybridized carbons (Fsp3) is 0.395. The second-order valence-corrected chi connectivity index (χ2v) is 17.8. The fourth-order valence-corrected chi connectivity index (χ4v) is 9.16. The first-order valence-corrected chi connectivity index (χ1v) is 20.4. The third kappa shape index (κ3) is 8.09. The topological polar surface area (TPSA) is 171 Å². The number of hydrogen-bond acceptors (Lipinski definition) is 8. The molecule has 0 spiro atoms. The van der Waals surface area contributed by atoms with Gasteiger partial charge in [0, 0.05) is 12.7 Å². The van der Waals surface area contributed by atoms with E-state index in [9.17, 15) is 22.8 Å². The number of nitrogens with zero attached hydrogens (tertiary/aromatic N) is 2. The van der Waals surface area contributed by atoms with E-state index in [1.54, 1.807) is 51.4 Å². The van der Waals surface area contributed by atoms with Crippen LogP contribution in [0.5, 0.6) is 5.75 Å². The number of nitrogens with two attached hydrogens (primary N) is 1. The minimum atomic E-state index is -4.11. The molecule has 6 rings (SSSR count). The first-order chi connectivity index (χ1) is 26.3. The van der Waals surface area contributed by atoms with Crippen LogP contribution in [0.15, 0.2) is 81.5 Å². The van der Waals surface area contributed by atoms with Crippen molar-refractivity contribution >= 4 is 27.9 Å². The number of carbonyl (C=O) groups is 2. The maximum Gasteiger partial charge on any atom is 0.329 e. The minimum Gasteiger partial charge on any atom is -0.487 e. The Morgan fingerprint density at radius 3 is 2.23 bits per heavy atom. The summed E-state index contributed by atoms with van der Waals surface area (Å²) in [4.78, 5) is 45.5. The van der Waals surface area contributed by atoms with E-state index >= 15 is 0 Å². The molecule has 13 heteroatoms. The summed E-state index contributed by atoms with van der Waals surface area (Å²) < 4.78 is 43.2. The summed E-state index contributed by atoms with van der Waals surface area (Å²) in [7, 11) is -4.11. The number of ether oxygens (including phenoxy) is 2. The second-order valence-electron chi connectivity index (χ2n) is 16.2. The quantitative estimate of drug-likeness (QED) is 0.0670. The Morgan fingerprint density at radius 2 is 1.61 bits per heavy atom. The fourth-order valence-electron chi connectivity index (χ4n) is 7.64. The van der Waals surface area contributed by atoms with Crippen LogP contribution in [0.2, 0.25) is 0 Å². The summed E-state index contributed by atoms with van der Waals surface area (Å²) in [5.41, 5.74) is 11.0. The molecule has 0 radical (unpaired) electrons. The van der Waals surface area contributed by atoms with Crippen LogP contribution >= 0.6 is 0 Å². The van der Waals surface area contributed by atoms with Crippen LogP contribution in [-0.2, 0) is 26.0 Å². The molecule has 3 aromatic carbocycles. The number of sulfonamides is 1. The molecule has 1 aliphatic carbocycles. The largest absolute Gasteiger partial charge is 0.487 e. The van der Waals surface area contributed by atoms with Gasteiger partial charge in [-0.2, -0.15) is 0 Å². The first kappa shape index (κ1) is 40.2. The number of carbonyl (C=O) groups excluding carboxylic acids is 2. The number of hydrogen-bond donors (Lipinski definition) is 3. The van der Waals surface area contributed by atoms with Crippen molar-refractivity contribution in [3.05, 3.63) is 116 Å². The highest BCUT2D eigenvalue weighted by Crippen LogP contribution is 2.45. The van der Waals surface area contributed by atoms with E-state index < -0.39 is 45.1 Å². The molecule has 0 saturated heterocycles. The van der Waals surface area contributed by atoms with Gasteiger partial charge in [0.2, 0.25) is 5.96 Å². The molecular weight excluding hydrogens is 731 g/mol. The van der Waals surface area contributed by atoms with Gasteiger partial charge in [-0.25, -0.2) is 17.9 Å². The number of amides is 1. The molecule has 0 fully saturated rings. The van der Waals surface area contributed by atoms with Crippen LogP contribution in [0.4, 0.5) is 0 Å². The Balaban J connectivity index is 1.17. The van der Waals surface area contributed by atoms with Gasteiger partial charge in [-0.05, 0) is 138 Å². The Hall–Kier alpha value is -5.43. The highest BCUT2D eigenvalue weighted by molar-refractivity contribution is 7.90. The van der Waals surface area contributed by atoms with E-state index in [1.807, 2.05) is 69.3 Å². The van der Waals surface area contributed by atoms with Crippen molar-refractivity contribution in [1.82, 2.24) is 14.6 Å². The first-order valence-electron chi connectivity index (χ1n) is 18.9. The molecule has 1 amide bonds. The molecule has 2 heterocycles. The van der Waals surface area contributed by atoms with Crippen molar-refractivity contribution in [3.8, 4) is 16.9 Å². The third-order valence-corrected chi connectivity index (χ3v) is 12.0. The zero-order chi connectivity index (χ0) is 40.7. The normalized spacial score (nSPS) is 15.5. The lowest BCUT2D eigenvalue weighted by Gasteiger charge is -2.35. The number of pyridine rings is 1. The van der Waals surface area contributed by atoms with Gasteiger partial charge in [0.1, 0.15) is 28.6 Å². The number of aliphatic imine (C=N–C) groups is 1. The summed E-state index contributed by atoms with van der Waals surface area (Å²) in [5, 5.41) is 2.72. The summed E-state index contributed by atoms with van der Waals surface area (Å²) >= 11 is 0. The molecule has 1 aromatic heterocycles. The monoisotopic (exact) mass is 781 g/mol. The summed E-state index contributed by atoms with van der Waals surface area (Å²) in [6, 6.07) is 17.2. The van der Waals surface area contributed by atoms with Gasteiger partial charge in [-0.1, -0.05) is 48.5 Å². The molecule has 1 aliphatic heterocycles. The highest BCUT2D eigenvalue weighted by Gasteiger charge is 2.35. The van der Waals surface area contributed by atoms with Crippen molar-refractivity contribution in [2.24, 2.45) is 10.7 Å². The zero-order valence-electron chi connectivity index (χ0n) is 33.3. The van der Waals surface area contributed by atoms with Crippen molar-refractivity contribution in [2.75, 3.05) is 6.54 Å². The van der Waals surface area contributed by atoms with E-state index in [-0.39, 0.29) is 41.4 Å². The number of nitrogens with one attached hydrogen (secondary N) is 2. The Labute approximate surface area is 328 Å². The zero-order valence-corrected chi connectivity index (χ0v) is 34.1. The van der Waals surface area contributed by atoms with Gasteiger partial charge >= 0.3 is 5.97 Å². The van der Waals surface area contributed by atoms with Crippen molar-refractivity contribution < 1.29 is 27.5 Å². The summed E-state index contributed by atoms with van der Waals surface area (Å²) in [6.07, 6.45) is 3.39. The van der Waals surface area contributed by atoms with E-state index in [0.29, 0.717) is 17.5 Å². The van der Waals surface area contributed by atoms with Crippen LogP contribution in [0.3, 0.4) is 0 Å². The van der Waals surface area contributed by atoms with Gasteiger partial charge in [-0.3, -0.25) is 14.6 Å². The van der Waals surface area contributed by atoms with Crippen LogP contribution in [0.1, 0.15) is 104 Å². The Morgan fingerprint density at radius 1 is 0.982 bits per heavy atom. The standard InChI is InChI=1S/C43H51N5O7S/c1-25-26(2)37(27(3)28-21-22-43(7,8)54-36(25)28)56(52,53)47-41(44)45-23-13-20-34(40(51)55-42(4,5)6)46-38(49)33-19-14-24-48(39(33)50)35-31-17-11-9-15-29(31)30-16-10-12-18-32(30)35/h9-12,14-19,24,34-35H,13,20-23H2,1-8H3,(H,46,49)(H3,44,45,47)/t34-/m0/s1. The van der Waals surface area contributed by atoms with Crippen LogP contribution in [0.25, 0.3) is 11.1 Å². The second kappa shape index (κ2) is 15.2. The van der Waals surface area contributed by atoms with Crippen LogP contribution in [-0.4, -0.2) is 54.6 Å². The predicted octanol–water partition coefficient (Wildman–Crippen LogP) is 6.01. The smallest absolute Gasteiger partial charge is 0.329 e. The molecule has 0 unspecified atom stereocenters. The predicted molar refractivity (Wildman–Crippen MR) is 217 cm³/mol. The Bertz CT molecular complexity index is 2360. The van der Waals surface area contributed by atoms with Crippen molar-refractivity contribution in [3.63, 3.8) is 0 Å². The SMILES string of the molecule is Cc1c(C)c(S(=O)(=O)NC(N)=NCCC[C@H](NC(=O)c2cccn(C3c4ccccc4-c4ccccc43)c2=O)C(=O)OC(C)(C)C)c(C)c2c1OC(C)(C)CC2. The molecule has 1 atom stereocenters. The third-order valence-electron chi connectivity index (χ3n) is 10.4. The van der Waals surface area contributed by atoms with Gasteiger partial charge in [0.25, 0.3) is 21.5 Å².